The lowest BCUT2D eigenvalue weighted by molar-refractivity contribution is -0.126. The first-order chi connectivity index (χ1) is 11.1. The van der Waals surface area contributed by atoms with Crippen LogP contribution >= 0.6 is 0 Å². The van der Waals surface area contributed by atoms with Gasteiger partial charge in [0.25, 0.3) is 0 Å². The third-order valence-electron chi connectivity index (χ3n) is 4.54. The fourth-order valence-electron chi connectivity index (χ4n) is 3.24. The molecule has 2 aliphatic heterocycles. The highest BCUT2D eigenvalue weighted by Crippen LogP contribution is 2.15. The summed E-state index contributed by atoms with van der Waals surface area (Å²) in [4.78, 5) is 14.3. The fourth-order valence-corrected chi connectivity index (χ4v) is 3.24. The van der Waals surface area contributed by atoms with Crippen LogP contribution in [0.4, 0.5) is 0 Å². The van der Waals surface area contributed by atoms with Crippen molar-refractivity contribution >= 4 is 5.91 Å². The molecule has 0 aromatic heterocycles. The van der Waals surface area contributed by atoms with E-state index >= 15 is 0 Å². The molecule has 1 amide bonds. The third-order valence-corrected chi connectivity index (χ3v) is 4.54. The van der Waals surface area contributed by atoms with Crippen LogP contribution in [0.3, 0.4) is 0 Å². The van der Waals surface area contributed by atoms with Crippen LogP contribution in [-0.2, 0) is 22.6 Å². The summed E-state index contributed by atoms with van der Waals surface area (Å²) in [7, 11) is 0. The Morgan fingerprint density at radius 1 is 1.17 bits per heavy atom. The van der Waals surface area contributed by atoms with E-state index in [1.165, 1.54) is 5.56 Å². The summed E-state index contributed by atoms with van der Waals surface area (Å²) in [5, 5.41) is 6.13. The van der Waals surface area contributed by atoms with E-state index in [1.807, 2.05) is 0 Å². The molecule has 1 aromatic rings. The van der Waals surface area contributed by atoms with Crippen molar-refractivity contribution in [2.75, 3.05) is 26.2 Å². The number of carbonyl (C=O) groups is 1. The van der Waals surface area contributed by atoms with Gasteiger partial charge in [0.2, 0.25) is 5.91 Å². The molecule has 2 heterocycles. The van der Waals surface area contributed by atoms with Gasteiger partial charge in [0.05, 0.1) is 18.1 Å². The molecule has 23 heavy (non-hydrogen) atoms. The molecule has 2 N–H and O–H groups in total. The van der Waals surface area contributed by atoms with Gasteiger partial charge in [0.1, 0.15) is 0 Å². The van der Waals surface area contributed by atoms with E-state index in [0.717, 1.165) is 38.3 Å². The van der Waals surface area contributed by atoms with Crippen molar-refractivity contribution in [3.8, 4) is 0 Å². The Morgan fingerprint density at radius 3 is 2.35 bits per heavy atom. The van der Waals surface area contributed by atoms with Gasteiger partial charge < -0.3 is 15.4 Å². The molecule has 2 aliphatic rings. The van der Waals surface area contributed by atoms with Crippen LogP contribution in [0.25, 0.3) is 0 Å². The van der Waals surface area contributed by atoms with Gasteiger partial charge in [-0.2, -0.15) is 0 Å². The Balaban J connectivity index is 1.47. The van der Waals surface area contributed by atoms with Crippen LogP contribution < -0.4 is 10.6 Å². The van der Waals surface area contributed by atoms with Crippen LogP contribution in [0, 0.1) is 5.92 Å². The van der Waals surface area contributed by atoms with Crippen molar-refractivity contribution < 1.29 is 9.53 Å². The van der Waals surface area contributed by atoms with Crippen LogP contribution in [0.5, 0.6) is 0 Å². The van der Waals surface area contributed by atoms with Gasteiger partial charge in [-0.05, 0) is 25.0 Å². The Hall–Kier alpha value is -1.43. The van der Waals surface area contributed by atoms with E-state index in [0.29, 0.717) is 18.8 Å². The molecule has 0 spiro atoms. The summed E-state index contributed by atoms with van der Waals surface area (Å²) < 4.78 is 5.77. The number of benzene rings is 1. The predicted molar refractivity (Wildman–Crippen MR) is 89.9 cm³/mol. The number of hydrogen-bond acceptors (Lipinski definition) is 4. The Labute approximate surface area is 138 Å². The van der Waals surface area contributed by atoms with Gasteiger partial charge in [-0.25, -0.2) is 0 Å². The summed E-state index contributed by atoms with van der Waals surface area (Å²) in [6.45, 7) is 9.41. The van der Waals surface area contributed by atoms with E-state index in [1.54, 1.807) is 0 Å². The van der Waals surface area contributed by atoms with Crippen molar-refractivity contribution in [1.29, 1.82) is 0 Å². The molecule has 2 fully saturated rings. The highest BCUT2D eigenvalue weighted by Gasteiger charge is 2.24. The molecular weight excluding hydrogens is 290 g/mol. The lowest BCUT2D eigenvalue weighted by Gasteiger charge is -2.35. The predicted octanol–water partition coefficient (Wildman–Crippen LogP) is 1.13. The number of nitrogens with zero attached hydrogens (tertiary/aromatic N) is 1. The normalized spacial score (nSPS) is 25.8. The van der Waals surface area contributed by atoms with Gasteiger partial charge in [-0.1, -0.05) is 24.3 Å². The highest BCUT2D eigenvalue weighted by molar-refractivity contribution is 5.79. The van der Waals surface area contributed by atoms with E-state index in [4.69, 9.17) is 4.74 Å². The summed E-state index contributed by atoms with van der Waals surface area (Å²) in [6.07, 6.45) is 0.600. The number of ether oxygens (including phenoxy) is 1. The third kappa shape index (κ3) is 4.53. The summed E-state index contributed by atoms with van der Waals surface area (Å²) in [5.74, 6) is 0.309. The van der Waals surface area contributed by atoms with E-state index < -0.39 is 0 Å². The van der Waals surface area contributed by atoms with Gasteiger partial charge >= 0.3 is 0 Å². The van der Waals surface area contributed by atoms with Crippen molar-refractivity contribution in [3.05, 3.63) is 35.4 Å². The van der Waals surface area contributed by atoms with Gasteiger partial charge in [0.15, 0.2) is 0 Å². The van der Waals surface area contributed by atoms with Gasteiger partial charge in [0, 0.05) is 39.3 Å². The second-order valence-electron chi connectivity index (χ2n) is 6.84. The summed E-state index contributed by atoms with van der Waals surface area (Å²) >= 11 is 0. The molecule has 0 saturated carbocycles. The fraction of sp³-hybridized carbons (Fsp3) is 0.611. The first-order valence-electron chi connectivity index (χ1n) is 8.54. The molecule has 0 bridgehead atoms. The van der Waals surface area contributed by atoms with Crippen LogP contribution in [0.1, 0.15) is 25.0 Å². The average molecular weight is 317 g/mol. The molecule has 5 heteroatoms. The minimum atomic E-state index is 0.152. The Bertz CT molecular complexity index is 518. The minimum absolute atomic E-state index is 0.152. The number of amides is 1. The number of morpholine rings is 1. The molecule has 1 aromatic carbocycles. The zero-order valence-corrected chi connectivity index (χ0v) is 14.0. The zero-order chi connectivity index (χ0) is 16.2. The topological polar surface area (TPSA) is 53.6 Å². The van der Waals surface area contributed by atoms with Gasteiger partial charge in [-0.15, -0.1) is 0 Å². The molecule has 3 rings (SSSR count). The summed E-state index contributed by atoms with van der Waals surface area (Å²) in [5.41, 5.74) is 2.46. The largest absolute Gasteiger partial charge is 0.373 e. The second-order valence-corrected chi connectivity index (χ2v) is 6.84. The van der Waals surface area contributed by atoms with Gasteiger partial charge in [-0.3, -0.25) is 9.69 Å². The maximum atomic E-state index is 11.8. The van der Waals surface area contributed by atoms with Crippen molar-refractivity contribution in [2.45, 2.75) is 39.1 Å². The molecule has 2 atom stereocenters. The maximum absolute atomic E-state index is 11.8. The first-order valence-corrected chi connectivity index (χ1v) is 8.54. The van der Waals surface area contributed by atoms with E-state index in [9.17, 15) is 4.79 Å². The number of hydrogen-bond donors (Lipinski definition) is 2. The molecular formula is C18H27N3O2. The average Bonchev–Trinajstić information content (AvgIpc) is 2.43. The van der Waals surface area contributed by atoms with Crippen molar-refractivity contribution in [3.63, 3.8) is 0 Å². The lowest BCUT2D eigenvalue weighted by atomic mass is 10.0. The number of nitrogens with one attached hydrogen (secondary N) is 2. The quantitative estimate of drug-likeness (QED) is 0.855. The van der Waals surface area contributed by atoms with E-state index in [2.05, 4.69) is 53.6 Å². The monoisotopic (exact) mass is 317 g/mol. The first kappa shape index (κ1) is 16.4. The second kappa shape index (κ2) is 7.43. The van der Waals surface area contributed by atoms with Crippen molar-refractivity contribution in [1.82, 2.24) is 15.5 Å². The minimum Gasteiger partial charge on any atom is -0.373 e. The number of rotatable bonds is 5. The zero-order valence-electron chi connectivity index (χ0n) is 14.0. The Morgan fingerprint density at radius 2 is 1.78 bits per heavy atom. The SMILES string of the molecule is CC1CN(Cc2ccc(CNC(=O)C3CNC3)cc2)CC(C)O1. The molecule has 2 unspecified atom stereocenters. The Kier molecular flexibility index (Phi) is 5.30. The smallest absolute Gasteiger partial charge is 0.225 e. The molecule has 0 radical (unpaired) electrons. The molecule has 2 saturated heterocycles. The molecule has 0 aliphatic carbocycles. The molecule has 5 nitrogen and oxygen atoms in total. The lowest BCUT2D eigenvalue weighted by Crippen LogP contribution is -2.50. The molecule has 126 valence electrons. The van der Waals surface area contributed by atoms with E-state index in [-0.39, 0.29) is 11.8 Å². The van der Waals surface area contributed by atoms with Crippen molar-refractivity contribution in [2.24, 2.45) is 5.92 Å². The highest BCUT2D eigenvalue weighted by atomic mass is 16.5. The standard InChI is InChI=1S/C18H27N3O2/c1-13-10-21(11-14(2)23-13)12-16-5-3-15(4-6-16)7-20-18(22)17-8-19-9-17/h3-6,13-14,17,19H,7-12H2,1-2H3,(H,20,22). The van der Waals surface area contributed by atoms with Crippen LogP contribution in [0.2, 0.25) is 0 Å². The van der Waals surface area contributed by atoms with Crippen LogP contribution in [0.15, 0.2) is 24.3 Å². The van der Waals surface area contributed by atoms with Crippen LogP contribution in [-0.4, -0.2) is 49.2 Å². The maximum Gasteiger partial charge on any atom is 0.225 e. The summed E-state index contributed by atoms with van der Waals surface area (Å²) in [6, 6.07) is 8.55. The number of carbonyl (C=O) groups excluding carboxylic acids is 1.